The first-order valence-corrected chi connectivity index (χ1v) is 9.33. The second-order valence-electron chi connectivity index (χ2n) is 7.02. The summed E-state index contributed by atoms with van der Waals surface area (Å²) in [5.74, 6) is 0.836. The molecule has 0 saturated carbocycles. The molecule has 1 saturated heterocycles. The van der Waals surface area contributed by atoms with Gasteiger partial charge in [-0.1, -0.05) is 30.3 Å². The molecule has 0 bridgehead atoms. The van der Waals surface area contributed by atoms with Gasteiger partial charge in [0.05, 0.1) is 32.4 Å². The van der Waals surface area contributed by atoms with E-state index in [2.05, 4.69) is 24.4 Å². The van der Waals surface area contributed by atoms with Gasteiger partial charge in [0.1, 0.15) is 6.61 Å². The second-order valence-corrected chi connectivity index (χ2v) is 7.02. The lowest BCUT2D eigenvalue weighted by atomic mass is 9.89. The maximum absolute atomic E-state index is 12.8. The third-order valence-electron chi connectivity index (χ3n) is 5.20. The fourth-order valence-electron chi connectivity index (χ4n) is 3.73. The molecule has 6 nitrogen and oxygen atoms in total. The van der Waals surface area contributed by atoms with E-state index in [1.54, 1.807) is 12.1 Å². The maximum Gasteiger partial charge on any atom is 0.338 e. The average Bonchev–Trinajstić information content (AvgIpc) is 3.13. The number of carbonyl (C=O) groups excluding carboxylic acids is 1. The van der Waals surface area contributed by atoms with Crippen LogP contribution < -0.4 is 19.5 Å². The van der Waals surface area contributed by atoms with Crippen molar-refractivity contribution >= 4 is 5.97 Å². The van der Waals surface area contributed by atoms with Crippen LogP contribution in [-0.4, -0.2) is 39.9 Å². The molecule has 2 aromatic rings. The third kappa shape index (κ3) is 3.92. The molecule has 28 heavy (non-hydrogen) atoms. The summed E-state index contributed by atoms with van der Waals surface area (Å²) in [5.41, 5.74) is 1.09. The molecule has 1 aliphatic heterocycles. The van der Waals surface area contributed by atoms with E-state index in [-0.39, 0.29) is 12.1 Å². The van der Waals surface area contributed by atoms with E-state index in [0.717, 1.165) is 18.4 Å². The Morgan fingerprint density at radius 1 is 1.07 bits per heavy atom. The molecule has 2 atom stereocenters. The zero-order valence-electron chi connectivity index (χ0n) is 16.8. The summed E-state index contributed by atoms with van der Waals surface area (Å²) in [6.45, 7) is 2.39. The van der Waals surface area contributed by atoms with E-state index < -0.39 is 5.97 Å². The topological polar surface area (TPSA) is 66.0 Å². The van der Waals surface area contributed by atoms with Crippen molar-refractivity contribution < 1.29 is 23.7 Å². The van der Waals surface area contributed by atoms with Gasteiger partial charge in [-0.2, -0.15) is 0 Å². The fraction of sp³-hybridized carbons (Fsp3) is 0.409. The summed E-state index contributed by atoms with van der Waals surface area (Å²) >= 11 is 0. The molecule has 0 aromatic heterocycles. The third-order valence-corrected chi connectivity index (χ3v) is 5.20. The molecular formula is C22H27NO5. The number of hydrogen-bond acceptors (Lipinski definition) is 6. The molecule has 2 aromatic carbocycles. The standard InChI is InChI=1S/C22H27NO5/c1-15-10-11-22(23-15,17-8-6-5-7-9-17)14-28-21(24)16-12-18(25-2)20(27-4)19(13-16)26-3/h5-9,12-13,15,23H,10-11,14H2,1-4H3. The molecule has 0 aliphatic carbocycles. The van der Waals surface area contributed by atoms with Gasteiger partial charge in [-0.3, -0.25) is 0 Å². The first-order valence-electron chi connectivity index (χ1n) is 9.33. The van der Waals surface area contributed by atoms with Crippen molar-refractivity contribution in [3.63, 3.8) is 0 Å². The summed E-state index contributed by atoms with van der Waals surface area (Å²) in [7, 11) is 4.55. The quantitative estimate of drug-likeness (QED) is 0.736. The van der Waals surface area contributed by atoms with E-state index in [4.69, 9.17) is 18.9 Å². The normalized spacial score (nSPS) is 21.2. The van der Waals surface area contributed by atoms with Crippen LogP contribution in [0, 0.1) is 0 Å². The lowest BCUT2D eigenvalue weighted by molar-refractivity contribution is 0.0374. The van der Waals surface area contributed by atoms with Crippen LogP contribution in [0.4, 0.5) is 0 Å². The smallest absolute Gasteiger partial charge is 0.338 e. The minimum atomic E-state index is -0.434. The summed E-state index contributed by atoms with van der Waals surface area (Å²) in [4.78, 5) is 12.8. The van der Waals surface area contributed by atoms with Crippen LogP contribution in [0.15, 0.2) is 42.5 Å². The van der Waals surface area contributed by atoms with Gasteiger partial charge >= 0.3 is 5.97 Å². The average molecular weight is 385 g/mol. The van der Waals surface area contributed by atoms with Crippen molar-refractivity contribution in [2.24, 2.45) is 0 Å². The number of ether oxygens (including phenoxy) is 4. The van der Waals surface area contributed by atoms with Gasteiger partial charge in [-0.15, -0.1) is 0 Å². The highest BCUT2D eigenvalue weighted by Crippen LogP contribution is 2.39. The number of benzene rings is 2. The molecule has 3 rings (SSSR count). The Morgan fingerprint density at radius 3 is 2.21 bits per heavy atom. The van der Waals surface area contributed by atoms with Crippen LogP contribution in [-0.2, 0) is 10.3 Å². The van der Waals surface area contributed by atoms with Crippen LogP contribution in [0.5, 0.6) is 17.2 Å². The first kappa shape index (κ1) is 20.0. The molecule has 0 radical (unpaired) electrons. The highest BCUT2D eigenvalue weighted by Gasteiger charge is 2.39. The molecule has 150 valence electrons. The summed E-state index contributed by atoms with van der Waals surface area (Å²) in [6.07, 6.45) is 1.93. The van der Waals surface area contributed by atoms with E-state index in [1.807, 2.05) is 18.2 Å². The summed E-state index contributed by atoms with van der Waals surface area (Å²) < 4.78 is 21.7. The molecule has 0 amide bonds. The number of hydrogen-bond donors (Lipinski definition) is 1. The molecule has 1 N–H and O–H groups in total. The lowest BCUT2D eigenvalue weighted by Crippen LogP contribution is -2.44. The number of esters is 1. The molecule has 1 fully saturated rings. The number of rotatable bonds is 7. The Morgan fingerprint density at radius 2 is 1.71 bits per heavy atom. The monoisotopic (exact) mass is 385 g/mol. The van der Waals surface area contributed by atoms with Gasteiger partial charge in [-0.05, 0) is 37.5 Å². The van der Waals surface area contributed by atoms with E-state index >= 15 is 0 Å². The zero-order chi connectivity index (χ0) is 20.1. The maximum atomic E-state index is 12.8. The van der Waals surface area contributed by atoms with Gasteiger partial charge in [0, 0.05) is 6.04 Å². The van der Waals surface area contributed by atoms with Gasteiger partial charge in [0.15, 0.2) is 11.5 Å². The van der Waals surface area contributed by atoms with Crippen LogP contribution in [0.3, 0.4) is 0 Å². The second kappa shape index (κ2) is 8.52. The molecular weight excluding hydrogens is 358 g/mol. The predicted octanol–water partition coefficient (Wildman–Crippen LogP) is 3.54. The van der Waals surface area contributed by atoms with Crippen molar-refractivity contribution in [2.75, 3.05) is 27.9 Å². The Hall–Kier alpha value is -2.73. The highest BCUT2D eigenvalue weighted by molar-refractivity contribution is 5.91. The lowest BCUT2D eigenvalue weighted by Gasteiger charge is -2.30. The Bertz CT molecular complexity index is 798. The Kier molecular flexibility index (Phi) is 6.09. The minimum absolute atomic E-state index is 0.247. The number of nitrogens with one attached hydrogen (secondary N) is 1. The SMILES string of the molecule is COc1cc(C(=O)OCC2(c3ccccc3)CCC(C)N2)cc(OC)c1OC. The Balaban J connectivity index is 1.82. The van der Waals surface area contributed by atoms with Gasteiger partial charge in [-0.25, -0.2) is 4.79 Å². The van der Waals surface area contributed by atoms with E-state index in [1.165, 1.54) is 21.3 Å². The van der Waals surface area contributed by atoms with Crippen molar-refractivity contribution in [2.45, 2.75) is 31.3 Å². The van der Waals surface area contributed by atoms with Crippen molar-refractivity contribution in [1.29, 1.82) is 0 Å². The van der Waals surface area contributed by atoms with Crippen LogP contribution in [0.2, 0.25) is 0 Å². The minimum Gasteiger partial charge on any atom is -0.493 e. The van der Waals surface area contributed by atoms with E-state index in [9.17, 15) is 4.79 Å². The van der Waals surface area contributed by atoms with Gasteiger partial charge in [0.25, 0.3) is 0 Å². The van der Waals surface area contributed by atoms with Crippen molar-refractivity contribution in [3.8, 4) is 17.2 Å². The van der Waals surface area contributed by atoms with Crippen LogP contribution in [0.25, 0.3) is 0 Å². The van der Waals surface area contributed by atoms with Crippen molar-refractivity contribution in [1.82, 2.24) is 5.32 Å². The van der Waals surface area contributed by atoms with Crippen LogP contribution >= 0.6 is 0 Å². The largest absolute Gasteiger partial charge is 0.493 e. The molecule has 0 spiro atoms. The summed E-state index contributed by atoms with van der Waals surface area (Å²) in [6, 6.07) is 13.7. The first-order chi connectivity index (χ1) is 13.5. The molecule has 1 heterocycles. The molecule has 2 unspecified atom stereocenters. The fourth-order valence-corrected chi connectivity index (χ4v) is 3.73. The van der Waals surface area contributed by atoms with Gasteiger partial charge in [0.2, 0.25) is 5.75 Å². The zero-order valence-corrected chi connectivity index (χ0v) is 16.8. The van der Waals surface area contributed by atoms with Gasteiger partial charge < -0.3 is 24.3 Å². The highest BCUT2D eigenvalue weighted by atomic mass is 16.5. The molecule has 6 heteroatoms. The Labute approximate surface area is 165 Å². The van der Waals surface area contributed by atoms with Crippen LogP contribution in [0.1, 0.15) is 35.7 Å². The summed E-state index contributed by atoms with van der Waals surface area (Å²) in [5, 5.41) is 3.61. The van der Waals surface area contributed by atoms with Crippen molar-refractivity contribution in [3.05, 3.63) is 53.6 Å². The number of methoxy groups -OCH3 is 3. The molecule has 1 aliphatic rings. The number of carbonyl (C=O) groups is 1. The predicted molar refractivity (Wildman–Crippen MR) is 106 cm³/mol. The van der Waals surface area contributed by atoms with E-state index in [0.29, 0.717) is 28.9 Å².